The Balaban J connectivity index is 1.88. The molecule has 0 bridgehead atoms. The van der Waals surface area contributed by atoms with Crippen LogP contribution in [0.25, 0.3) is 0 Å². The molecule has 0 unspecified atom stereocenters. The third kappa shape index (κ3) is 5.07. The molecule has 0 saturated carbocycles. The predicted molar refractivity (Wildman–Crippen MR) is 85.3 cm³/mol. The Morgan fingerprint density at radius 2 is 2.19 bits per heavy atom. The van der Waals surface area contributed by atoms with Crippen molar-refractivity contribution in [2.45, 2.75) is 25.6 Å². The SMILES string of the molecule is COCc1c(Br)cccc1NC(=O)COC1CCNCC1. The fraction of sp³-hybridized carbons (Fsp3) is 0.533. The van der Waals surface area contributed by atoms with Gasteiger partial charge >= 0.3 is 0 Å². The number of piperidine rings is 1. The molecular formula is C15H21BrN2O3. The number of rotatable bonds is 6. The molecule has 21 heavy (non-hydrogen) atoms. The molecule has 0 aliphatic carbocycles. The number of amides is 1. The molecule has 0 radical (unpaired) electrons. The number of hydrogen-bond acceptors (Lipinski definition) is 4. The molecule has 6 heteroatoms. The second-order valence-electron chi connectivity index (χ2n) is 5.01. The van der Waals surface area contributed by atoms with E-state index < -0.39 is 0 Å². The summed E-state index contributed by atoms with van der Waals surface area (Å²) in [5, 5.41) is 6.16. The van der Waals surface area contributed by atoms with Gasteiger partial charge in [-0.2, -0.15) is 0 Å². The molecule has 1 aromatic carbocycles. The van der Waals surface area contributed by atoms with Crippen molar-refractivity contribution < 1.29 is 14.3 Å². The normalized spacial score (nSPS) is 15.9. The summed E-state index contributed by atoms with van der Waals surface area (Å²) in [4.78, 5) is 12.0. The Morgan fingerprint density at radius 1 is 1.43 bits per heavy atom. The summed E-state index contributed by atoms with van der Waals surface area (Å²) in [7, 11) is 1.63. The van der Waals surface area contributed by atoms with Gasteiger partial charge in [0.15, 0.2) is 0 Å². The van der Waals surface area contributed by atoms with Crippen molar-refractivity contribution in [2.24, 2.45) is 0 Å². The Morgan fingerprint density at radius 3 is 2.90 bits per heavy atom. The molecule has 0 atom stereocenters. The first kappa shape index (κ1) is 16.4. The summed E-state index contributed by atoms with van der Waals surface area (Å²) in [6.45, 7) is 2.43. The lowest BCUT2D eigenvalue weighted by Gasteiger charge is -2.22. The molecule has 2 N–H and O–H groups in total. The number of carbonyl (C=O) groups excluding carboxylic acids is 1. The van der Waals surface area contributed by atoms with Gasteiger partial charge < -0.3 is 20.1 Å². The van der Waals surface area contributed by atoms with Crippen molar-refractivity contribution in [1.29, 1.82) is 0 Å². The van der Waals surface area contributed by atoms with Crippen LogP contribution < -0.4 is 10.6 Å². The number of methoxy groups -OCH3 is 1. The van der Waals surface area contributed by atoms with Gasteiger partial charge in [-0.25, -0.2) is 0 Å². The number of carbonyl (C=O) groups is 1. The van der Waals surface area contributed by atoms with Gasteiger partial charge in [-0.3, -0.25) is 4.79 Å². The lowest BCUT2D eigenvalue weighted by molar-refractivity contribution is -0.123. The molecule has 1 amide bonds. The Hall–Kier alpha value is -0.950. The summed E-state index contributed by atoms with van der Waals surface area (Å²) in [6, 6.07) is 5.67. The minimum Gasteiger partial charge on any atom is -0.380 e. The number of hydrogen-bond donors (Lipinski definition) is 2. The van der Waals surface area contributed by atoms with Gasteiger partial charge in [-0.15, -0.1) is 0 Å². The molecule has 0 aromatic heterocycles. The van der Waals surface area contributed by atoms with Crippen molar-refractivity contribution >= 4 is 27.5 Å². The molecule has 2 rings (SSSR count). The van der Waals surface area contributed by atoms with Crippen LogP contribution in [0.4, 0.5) is 5.69 Å². The third-order valence-corrected chi connectivity index (χ3v) is 4.16. The number of ether oxygens (including phenoxy) is 2. The van der Waals surface area contributed by atoms with Crippen LogP contribution in [0, 0.1) is 0 Å². The van der Waals surface area contributed by atoms with E-state index in [0.717, 1.165) is 41.7 Å². The zero-order valence-corrected chi connectivity index (χ0v) is 13.7. The standard InChI is InChI=1S/C15H21BrN2O3/c1-20-9-12-13(16)3-2-4-14(12)18-15(19)10-21-11-5-7-17-8-6-11/h2-4,11,17H,5-10H2,1H3,(H,18,19). The fourth-order valence-electron chi connectivity index (χ4n) is 2.31. The summed E-state index contributed by atoms with van der Waals surface area (Å²) < 4.78 is 11.7. The van der Waals surface area contributed by atoms with Crippen LogP contribution in [0.3, 0.4) is 0 Å². The largest absolute Gasteiger partial charge is 0.380 e. The minimum atomic E-state index is -0.135. The zero-order valence-electron chi connectivity index (χ0n) is 12.2. The molecular weight excluding hydrogens is 336 g/mol. The maximum Gasteiger partial charge on any atom is 0.250 e. The monoisotopic (exact) mass is 356 g/mol. The molecule has 1 fully saturated rings. The van der Waals surface area contributed by atoms with Crippen LogP contribution in [-0.4, -0.2) is 38.8 Å². The Bertz CT molecular complexity index is 476. The summed E-state index contributed by atoms with van der Waals surface area (Å²) in [5.41, 5.74) is 1.68. The van der Waals surface area contributed by atoms with Crippen LogP contribution in [0.15, 0.2) is 22.7 Å². The molecule has 116 valence electrons. The van der Waals surface area contributed by atoms with E-state index in [0.29, 0.717) is 6.61 Å². The topological polar surface area (TPSA) is 59.6 Å². The second kappa shape index (κ2) is 8.48. The van der Waals surface area contributed by atoms with E-state index in [1.54, 1.807) is 7.11 Å². The van der Waals surface area contributed by atoms with E-state index in [-0.39, 0.29) is 18.6 Å². The average molecular weight is 357 g/mol. The molecule has 1 saturated heterocycles. The van der Waals surface area contributed by atoms with Crippen LogP contribution >= 0.6 is 15.9 Å². The first-order valence-corrected chi connectivity index (χ1v) is 7.88. The first-order valence-electron chi connectivity index (χ1n) is 7.09. The molecule has 1 aliphatic rings. The van der Waals surface area contributed by atoms with Crippen LogP contribution in [0.1, 0.15) is 18.4 Å². The maximum atomic E-state index is 12.0. The molecule has 1 heterocycles. The maximum absolute atomic E-state index is 12.0. The van der Waals surface area contributed by atoms with E-state index in [4.69, 9.17) is 9.47 Å². The zero-order chi connectivity index (χ0) is 15.1. The number of benzene rings is 1. The van der Waals surface area contributed by atoms with E-state index in [1.807, 2.05) is 18.2 Å². The van der Waals surface area contributed by atoms with Crippen LogP contribution in [0.2, 0.25) is 0 Å². The van der Waals surface area contributed by atoms with Gasteiger partial charge in [0, 0.05) is 22.8 Å². The van der Waals surface area contributed by atoms with Gasteiger partial charge in [0.1, 0.15) is 6.61 Å². The van der Waals surface area contributed by atoms with E-state index in [1.165, 1.54) is 0 Å². The number of nitrogens with one attached hydrogen (secondary N) is 2. The van der Waals surface area contributed by atoms with Crippen LogP contribution in [0.5, 0.6) is 0 Å². The Labute approximate surface area is 133 Å². The van der Waals surface area contributed by atoms with E-state index in [9.17, 15) is 4.79 Å². The van der Waals surface area contributed by atoms with E-state index in [2.05, 4.69) is 26.6 Å². The molecule has 1 aromatic rings. The Kier molecular flexibility index (Phi) is 6.63. The van der Waals surface area contributed by atoms with E-state index >= 15 is 0 Å². The predicted octanol–water partition coefficient (Wildman–Crippen LogP) is 2.30. The highest BCUT2D eigenvalue weighted by atomic mass is 79.9. The van der Waals surface area contributed by atoms with Gasteiger partial charge in [-0.05, 0) is 38.1 Å². The van der Waals surface area contributed by atoms with Crippen molar-refractivity contribution in [1.82, 2.24) is 5.32 Å². The van der Waals surface area contributed by atoms with Crippen molar-refractivity contribution in [3.8, 4) is 0 Å². The van der Waals surface area contributed by atoms with Crippen molar-refractivity contribution in [3.05, 3.63) is 28.2 Å². The van der Waals surface area contributed by atoms with Crippen molar-refractivity contribution in [2.75, 3.05) is 32.1 Å². The molecule has 5 nitrogen and oxygen atoms in total. The highest BCUT2D eigenvalue weighted by molar-refractivity contribution is 9.10. The number of halogens is 1. The van der Waals surface area contributed by atoms with Gasteiger partial charge in [0.2, 0.25) is 5.91 Å². The summed E-state index contributed by atoms with van der Waals surface area (Å²) in [6.07, 6.45) is 2.09. The summed E-state index contributed by atoms with van der Waals surface area (Å²) >= 11 is 3.47. The van der Waals surface area contributed by atoms with Gasteiger partial charge in [0.25, 0.3) is 0 Å². The lowest BCUT2D eigenvalue weighted by Crippen LogP contribution is -2.34. The first-order chi connectivity index (χ1) is 10.2. The average Bonchev–Trinajstić information content (AvgIpc) is 2.50. The molecule has 1 aliphatic heterocycles. The molecule has 0 spiro atoms. The van der Waals surface area contributed by atoms with Crippen LogP contribution in [-0.2, 0) is 20.9 Å². The highest BCUT2D eigenvalue weighted by Crippen LogP contribution is 2.25. The van der Waals surface area contributed by atoms with Crippen molar-refractivity contribution in [3.63, 3.8) is 0 Å². The fourth-order valence-corrected chi connectivity index (χ4v) is 2.79. The quantitative estimate of drug-likeness (QED) is 0.820. The van der Waals surface area contributed by atoms with Gasteiger partial charge in [0.05, 0.1) is 12.7 Å². The highest BCUT2D eigenvalue weighted by Gasteiger charge is 2.15. The number of anilines is 1. The third-order valence-electron chi connectivity index (χ3n) is 3.42. The lowest BCUT2D eigenvalue weighted by atomic mass is 10.1. The summed E-state index contributed by atoms with van der Waals surface area (Å²) in [5.74, 6) is -0.135. The smallest absolute Gasteiger partial charge is 0.250 e. The minimum absolute atomic E-state index is 0.0869. The second-order valence-corrected chi connectivity index (χ2v) is 5.86. The van der Waals surface area contributed by atoms with Gasteiger partial charge in [-0.1, -0.05) is 22.0 Å².